The largest absolute Gasteiger partial charge is 0.398 e. The Morgan fingerprint density at radius 3 is 2.90 bits per heavy atom. The highest BCUT2D eigenvalue weighted by Crippen LogP contribution is 2.32. The monoisotopic (exact) mass is 318 g/mol. The molecule has 0 saturated heterocycles. The Hall–Kier alpha value is -1.78. The van der Waals surface area contributed by atoms with Gasteiger partial charge in [0.05, 0.1) is 5.52 Å². The van der Waals surface area contributed by atoms with Gasteiger partial charge in [-0.25, -0.2) is 4.39 Å². The third-order valence-corrected chi connectivity index (χ3v) is 4.46. The molecule has 0 bridgehead atoms. The van der Waals surface area contributed by atoms with Gasteiger partial charge in [-0.05, 0) is 42.0 Å². The predicted octanol–water partition coefficient (Wildman–Crippen LogP) is 4.90. The number of thioether (sulfide) groups is 1. The molecule has 0 amide bonds. The highest BCUT2D eigenvalue weighted by atomic mass is 35.5. The predicted molar refractivity (Wildman–Crippen MR) is 87.1 cm³/mol. The summed E-state index contributed by atoms with van der Waals surface area (Å²) in [5.41, 5.74) is 8.25. The fourth-order valence-electron chi connectivity index (χ4n) is 2.13. The van der Waals surface area contributed by atoms with Crippen LogP contribution in [-0.4, -0.2) is 4.98 Å². The van der Waals surface area contributed by atoms with Crippen molar-refractivity contribution >= 4 is 40.0 Å². The van der Waals surface area contributed by atoms with E-state index >= 15 is 0 Å². The molecule has 2 nitrogen and oxygen atoms in total. The Kier molecular flexibility index (Phi) is 3.99. The van der Waals surface area contributed by atoms with Gasteiger partial charge in [0.1, 0.15) is 5.82 Å². The molecule has 0 fully saturated rings. The minimum absolute atomic E-state index is 0.259. The molecule has 1 heterocycles. The van der Waals surface area contributed by atoms with Crippen LogP contribution in [0.2, 0.25) is 5.02 Å². The van der Waals surface area contributed by atoms with Crippen LogP contribution >= 0.6 is 23.4 Å². The van der Waals surface area contributed by atoms with Crippen molar-refractivity contribution in [3.63, 3.8) is 0 Å². The average molecular weight is 319 g/mol. The molecule has 1 aromatic heterocycles. The smallest absolute Gasteiger partial charge is 0.124 e. The second-order valence-electron chi connectivity index (χ2n) is 4.61. The molecule has 106 valence electrons. The number of anilines is 1. The second kappa shape index (κ2) is 5.92. The summed E-state index contributed by atoms with van der Waals surface area (Å²) in [6, 6.07) is 12.0. The van der Waals surface area contributed by atoms with Gasteiger partial charge in [0.25, 0.3) is 0 Å². The van der Waals surface area contributed by atoms with E-state index in [0.29, 0.717) is 16.5 Å². The molecule has 3 aromatic rings. The lowest BCUT2D eigenvalue weighted by molar-refractivity contribution is 0.628. The van der Waals surface area contributed by atoms with Gasteiger partial charge in [-0.2, -0.15) is 0 Å². The van der Waals surface area contributed by atoms with Crippen molar-refractivity contribution in [3.8, 4) is 0 Å². The Morgan fingerprint density at radius 1 is 1.19 bits per heavy atom. The molecule has 0 saturated carbocycles. The fourth-order valence-corrected chi connectivity index (χ4v) is 3.34. The van der Waals surface area contributed by atoms with E-state index in [0.717, 1.165) is 21.4 Å². The Labute approximate surface area is 131 Å². The van der Waals surface area contributed by atoms with E-state index in [1.807, 2.05) is 12.1 Å². The number of rotatable bonds is 3. The van der Waals surface area contributed by atoms with Gasteiger partial charge in [-0.1, -0.05) is 17.7 Å². The molecule has 21 heavy (non-hydrogen) atoms. The molecule has 2 N–H and O–H groups in total. The van der Waals surface area contributed by atoms with Crippen LogP contribution in [0, 0.1) is 5.82 Å². The number of nitrogen functional groups attached to an aromatic ring is 1. The molecule has 0 atom stereocenters. The minimum Gasteiger partial charge on any atom is -0.398 e. The Bertz CT molecular complexity index is 807. The zero-order valence-corrected chi connectivity index (χ0v) is 12.6. The van der Waals surface area contributed by atoms with E-state index in [1.54, 1.807) is 24.4 Å². The molecule has 5 heteroatoms. The van der Waals surface area contributed by atoms with Crippen molar-refractivity contribution in [2.24, 2.45) is 0 Å². The van der Waals surface area contributed by atoms with E-state index in [1.165, 1.54) is 23.9 Å². The number of halogens is 2. The van der Waals surface area contributed by atoms with Crippen molar-refractivity contribution in [1.29, 1.82) is 0 Å². The average Bonchev–Trinajstić information content (AvgIpc) is 2.47. The van der Waals surface area contributed by atoms with Gasteiger partial charge < -0.3 is 5.73 Å². The summed E-state index contributed by atoms with van der Waals surface area (Å²) in [6.45, 7) is 0. The SMILES string of the molecule is Nc1ccc(Cl)cc1SCc1cc(F)cc2cccnc12. The maximum Gasteiger partial charge on any atom is 0.124 e. The Balaban J connectivity index is 1.93. The van der Waals surface area contributed by atoms with Crippen LogP contribution in [0.1, 0.15) is 5.56 Å². The molecule has 0 aliphatic carbocycles. The first-order chi connectivity index (χ1) is 10.1. The summed E-state index contributed by atoms with van der Waals surface area (Å²) in [7, 11) is 0. The van der Waals surface area contributed by atoms with E-state index in [4.69, 9.17) is 17.3 Å². The quantitative estimate of drug-likeness (QED) is 0.551. The van der Waals surface area contributed by atoms with Crippen LogP contribution in [0.25, 0.3) is 10.9 Å². The normalized spacial score (nSPS) is 11.0. The first-order valence-corrected chi connectivity index (χ1v) is 7.71. The second-order valence-corrected chi connectivity index (χ2v) is 6.06. The van der Waals surface area contributed by atoms with Gasteiger partial charge in [0, 0.05) is 32.9 Å². The summed E-state index contributed by atoms with van der Waals surface area (Å²) in [5.74, 6) is 0.320. The number of aromatic nitrogens is 1. The van der Waals surface area contributed by atoms with E-state index in [2.05, 4.69) is 4.98 Å². The zero-order valence-electron chi connectivity index (χ0n) is 11.0. The van der Waals surface area contributed by atoms with Gasteiger partial charge >= 0.3 is 0 Å². The molecule has 3 rings (SSSR count). The summed E-state index contributed by atoms with van der Waals surface area (Å²) in [4.78, 5) is 5.22. The summed E-state index contributed by atoms with van der Waals surface area (Å²) in [6.07, 6.45) is 1.71. The molecule has 0 aliphatic rings. The molecule has 0 spiro atoms. The molecule has 0 radical (unpaired) electrons. The minimum atomic E-state index is -0.259. The van der Waals surface area contributed by atoms with Crippen molar-refractivity contribution in [2.45, 2.75) is 10.6 Å². The van der Waals surface area contributed by atoms with E-state index < -0.39 is 0 Å². The number of hydrogen-bond acceptors (Lipinski definition) is 3. The van der Waals surface area contributed by atoms with Crippen molar-refractivity contribution < 1.29 is 4.39 Å². The highest BCUT2D eigenvalue weighted by Gasteiger charge is 2.08. The lowest BCUT2D eigenvalue weighted by Gasteiger charge is -2.08. The molecule has 0 aliphatic heterocycles. The van der Waals surface area contributed by atoms with Crippen molar-refractivity contribution in [1.82, 2.24) is 4.98 Å². The zero-order chi connectivity index (χ0) is 14.8. The van der Waals surface area contributed by atoms with Gasteiger partial charge in [-0.15, -0.1) is 11.8 Å². The third kappa shape index (κ3) is 3.12. The van der Waals surface area contributed by atoms with Crippen LogP contribution in [0.3, 0.4) is 0 Å². The lowest BCUT2D eigenvalue weighted by atomic mass is 10.1. The van der Waals surface area contributed by atoms with Crippen molar-refractivity contribution in [3.05, 3.63) is 65.1 Å². The van der Waals surface area contributed by atoms with E-state index in [-0.39, 0.29) is 5.82 Å². The molecule has 0 unspecified atom stereocenters. The number of nitrogens with zero attached hydrogens (tertiary/aromatic N) is 1. The summed E-state index contributed by atoms with van der Waals surface area (Å²) < 4.78 is 13.7. The van der Waals surface area contributed by atoms with Crippen molar-refractivity contribution in [2.75, 3.05) is 5.73 Å². The van der Waals surface area contributed by atoms with E-state index in [9.17, 15) is 4.39 Å². The Morgan fingerprint density at radius 2 is 2.05 bits per heavy atom. The number of fused-ring (bicyclic) bond motifs is 1. The van der Waals surface area contributed by atoms with Crippen LogP contribution in [0.5, 0.6) is 0 Å². The van der Waals surface area contributed by atoms with Crippen LogP contribution in [0.15, 0.2) is 53.6 Å². The maximum atomic E-state index is 13.7. The first kappa shape index (κ1) is 14.2. The first-order valence-electron chi connectivity index (χ1n) is 6.34. The molecular weight excluding hydrogens is 307 g/mol. The van der Waals surface area contributed by atoms with Gasteiger partial charge in [-0.3, -0.25) is 4.98 Å². The van der Waals surface area contributed by atoms with Crippen LogP contribution < -0.4 is 5.73 Å². The third-order valence-electron chi connectivity index (χ3n) is 3.11. The van der Waals surface area contributed by atoms with Crippen LogP contribution in [-0.2, 0) is 5.75 Å². The standard InChI is InChI=1S/C16H12ClFN2S/c17-12-3-4-14(19)15(8-12)21-9-11-7-13(18)6-10-2-1-5-20-16(10)11/h1-8H,9,19H2. The number of benzene rings is 2. The summed E-state index contributed by atoms with van der Waals surface area (Å²) in [5, 5.41) is 1.43. The molecule has 2 aromatic carbocycles. The number of hydrogen-bond donors (Lipinski definition) is 1. The summed E-state index contributed by atoms with van der Waals surface area (Å²) >= 11 is 7.50. The van der Waals surface area contributed by atoms with Gasteiger partial charge in [0.2, 0.25) is 0 Å². The number of pyridine rings is 1. The lowest BCUT2D eigenvalue weighted by Crippen LogP contribution is -1.92. The topological polar surface area (TPSA) is 38.9 Å². The maximum absolute atomic E-state index is 13.7. The molecular formula is C16H12ClFN2S. The number of nitrogens with two attached hydrogens (primary N) is 1. The highest BCUT2D eigenvalue weighted by molar-refractivity contribution is 7.98. The van der Waals surface area contributed by atoms with Gasteiger partial charge in [0.15, 0.2) is 0 Å². The fraction of sp³-hybridized carbons (Fsp3) is 0.0625. The van der Waals surface area contributed by atoms with Crippen LogP contribution in [0.4, 0.5) is 10.1 Å².